The van der Waals surface area contributed by atoms with Crippen LogP contribution in [0.3, 0.4) is 0 Å². The lowest BCUT2D eigenvalue weighted by Gasteiger charge is -2.70. The van der Waals surface area contributed by atoms with Crippen LogP contribution in [0, 0.1) is 68.0 Å². The molecule has 9 atom stereocenters. The van der Waals surface area contributed by atoms with Crippen LogP contribution in [0.15, 0.2) is 23.3 Å². The van der Waals surface area contributed by atoms with Crippen LogP contribution in [-0.2, 0) is 14.4 Å². The van der Waals surface area contributed by atoms with E-state index >= 15 is 0 Å². The molecule has 39 heavy (non-hydrogen) atoms. The zero-order valence-corrected chi connectivity index (χ0v) is 25.1. The average Bonchev–Trinajstić information content (AvgIpc) is 2.89. The molecule has 0 heterocycles. The van der Waals surface area contributed by atoms with Gasteiger partial charge in [0.05, 0.1) is 5.57 Å². The molecule has 3 saturated carbocycles. The molecule has 1 amide bonds. The van der Waals surface area contributed by atoms with Crippen LogP contribution < -0.4 is 0 Å². The summed E-state index contributed by atoms with van der Waals surface area (Å²) in [6, 6.07) is 2.17. The number of rotatable bonds is 2. The summed E-state index contributed by atoms with van der Waals surface area (Å²) in [5.41, 5.74) is -0.988. The quantitative estimate of drug-likeness (QED) is 0.402. The van der Waals surface area contributed by atoms with Crippen molar-refractivity contribution in [2.24, 2.45) is 56.7 Å². The molecule has 5 heteroatoms. The van der Waals surface area contributed by atoms with Gasteiger partial charge in [-0.3, -0.25) is 14.4 Å². The Bertz CT molecular complexity index is 1340. The number of nitrogens with zero attached hydrogens (tertiary/aromatic N) is 2. The summed E-state index contributed by atoms with van der Waals surface area (Å²) >= 11 is 0. The Kier molecular flexibility index (Phi) is 5.44. The van der Waals surface area contributed by atoms with Crippen LogP contribution in [0.2, 0.25) is 0 Å². The lowest BCUT2D eigenvalue weighted by molar-refractivity contribution is -0.180. The Balaban J connectivity index is 1.65. The standard InChI is InChI=1S/C34H48N2O3/c1-20-10-13-34(19-36(9)22(3)37)15-14-33(8)28(27(34)21(20)2)24(38)16-26-31(6)17-23(18-35)29(39)30(4,5)25(31)11-12-32(26,33)7/h16-17,20-21,25,27-28H,10-15,19H2,1-9H3/t20-,21+,25+,27+,28-,31+,32-,33-,34-/m1/s1/i3D3. The monoisotopic (exact) mass is 535 g/mol. The van der Waals surface area contributed by atoms with Gasteiger partial charge in [-0.05, 0) is 84.5 Å². The van der Waals surface area contributed by atoms with E-state index in [9.17, 15) is 19.6 Å². The van der Waals surface area contributed by atoms with E-state index in [1.54, 1.807) is 7.05 Å². The number of amides is 1. The first-order valence-electron chi connectivity index (χ1n) is 16.4. The van der Waals surface area contributed by atoms with E-state index in [4.69, 9.17) is 4.11 Å². The molecular formula is C34H48N2O3. The van der Waals surface area contributed by atoms with Gasteiger partial charge in [0.15, 0.2) is 11.6 Å². The number of carbonyl (C=O) groups is 3. The molecule has 0 aromatic heterocycles. The molecule has 0 bridgehead atoms. The molecule has 5 aliphatic carbocycles. The number of allylic oxidation sites excluding steroid dienone is 4. The lowest BCUT2D eigenvalue weighted by atomic mass is 9.34. The van der Waals surface area contributed by atoms with Crippen molar-refractivity contribution < 1.29 is 18.5 Å². The predicted octanol–water partition coefficient (Wildman–Crippen LogP) is 6.54. The normalized spacial score (nSPS) is 47.9. The summed E-state index contributed by atoms with van der Waals surface area (Å²) in [5, 5.41) is 9.93. The second-order valence-electron chi connectivity index (χ2n) is 15.2. The van der Waals surface area contributed by atoms with E-state index in [0.717, 1.165) is 44.1 Å². The number of fused-ring (bicyclic) bond motifs is 7. The van der Waals surface area contributed by atoms with Crippen molar-refractivity contribution in [1.82, 2.24) is 4.90 Å². The minimum Gasteiger partial charge on any atom is -0.345 e. The Hall–Kier alpha value is -2.22. The predicted molar refractivity (Wildman–Crippen MR) is 152 cm³/mol. The minimum atomic E-state index is -2.69. The summed E-state index contributed by atoms with van der Waals surface area (Å²) in [6.45, 7) is 12.8. The van der Waals surface area contributed by atoms with Gasteiger partial charge >= 0.3 is 0 Å². The summed E-state index contributed by atoms with van der Waals surface area (Å²) < 4.78 is 23.2. The number of carbonyl (C=O) groups excluding carboxylic acids is 3. The van der Waals surface area contributed by atoms with Gasteiger partial charge < -0.3 is 4.90 Å². The van der Waals surface area contributed by atoms with Crippen molar-refractivity contribution in [3.05, 3.63) is 23.3 Å². The van der Waals surface area contributed by atoms with Crippen LogP contribution in [-0.4, -0.2) is 36.0 Å². The molecule has 0 N–H and O–H groups in total. The van der Waals surface area contributed by atoms with Gasteiger partial charge in [0.25, 0.3) is 0 Å². The molecule has 5 aliphatic rings. The molecule has 0 saturated heterocycles. The summed E-state index contributed by atoms with van der Waals surface area (Å²) in [4.78, 5) is 42.2. The van der Waals surface area contributed by atoms with Crippen LogP contribution in [0.25, 0.3) is 0 Å². The smallest absolute Gasteiger partial charge is 0.219 e. The number of hydrogen-bond donors (Lipinski definition) is 0. The Morgan fingerprint density at radius 1 is 1.10 bits per heavy atom. The Labute approximate surface area is 239 Å². The second kappa shape index (κ2) is 8.64. The third-order valence-electron chi connectivity index (χ3n) is 13.3. The highest BCUT2D eigenvalue weighted by molar-refractivity contribution is 6.04. The fourth-order valence-electron chi connectivity index (χ4n) is 10.8. The van der Waals surface area contributed by atoms with Gasteiger partial charge in [0, 0.05) is 41.3 Å². The Morgan fingerprint density at radius 3 is 2.44 bits per heavy atom. The van der Waals surface area contributed by atoms with Crippen molar-refractivity contribution in [1.29, 1.82) is 5.26 Å². The SMILES string of the molecule is [2H]C([2H])([2H])C(=O)N(C)C[C@]12CC[C@@H](C)[C@H](C)[C@H]1[C@H]1C(=O)C=C3[C@@]4(C)C=C(C#N)C(=O)C(C)(C)[C@@H]4CC[C@@]3(C)[C@]1(C)CC2. The number of ketones is 2. The molecular weight excluding hydrogens is 484 g/mol. The van der Waals surface area contributed by atoms with Crippen LogP contribution >= 0.6 is 0 Å². The molecule has 0 aromatic carbocycles. The maximum Gasteiger partial charge on any atom is 0.219 e. The van der Waals surface area contributed by atoms with Crippen LogP contribution in [0.5, 0.6) is 0 Å². The lowest BCUT2D eigenvalue weighted by Crippen LogP contribution is -2.66. The maximum atomic E-state index is 14.7. The van der Waals surface area contributed by atoms with Gasteiger partial charge in [-0.25, -0.2) is 0 Å². The van der Waals surface area contributed by atoms with Crippen molar-refractivity contribution in [2.45, 2.75) is 93.8 Å². The second-order valence-corrected chi connectivity index (χ2v) is 15.2. The molecule has 5 nitrogen and oxygen atoms in total. The van der Waals surface area contributed by atoms with Gasteiger partial charge in [-0.15, -0.1) is 0 Å². The highest BCUT2D eigenvalue weighted by atomic mass is 16.2. The van der Waals surface area contributed by atoms with Crippen molar-refractivity contribution in [3.63, 3.8) is 0 Å². The fraction of sp³-hybridized carbons (Fsp3) is 0.765. The van der Waals surface area contributed by atoms with E-state index in [1.165, 1.54) is 4.90 Å². The van der Waals surface area contributed by atoms with Crippen LogP contribution in [0.1, 0.15) is 98.0 Å². The molecule has 0 spiro atoms. The molecule has 0 aliphatic heterocycles. The van der Waals surface area contributed by atoms with Crippen molar-refractivity contribution in [2.75, 3.05) is 13.6 Å². The first-order valence-corrected chi connectivity index (χ1v) is 14.9. The molecule has 0 aromatic rings. The highest BCUT2D eigenvalue weighted by Gasteiger charge is 2.70. The number of nitriles is 1. The molecule has 5 rings (SSSR count). The van der Waals surface area contributed by atoms with Gasteiger partial charge in [0.2, 0.25) is 5.91 Å². The molecule has 212 valence electrons. The van der Waals surface area contributed by atoms with Gasteiger partial charge in [-0.2, -0.15) is 5.26 Å². The van der Waals surface area contributed by atoms with Gasteiger partial charge in [0.1, 0.15) is 6.07 Å². The molecule has 3 fully saturated rings. The zero-order valence-electron chi connectivity index (χ0n) is 28.1. The maximum absolute atomic E-state index is 14.7. The highest BCUT2D eigenvalue weighted by Crippen LogP contribution is 2.74. The molecule has 0 radical (unpaired) electrons. The van der Waals surface area contributed by atoms with Crippen LogP contribution in [0.4, 0.5) is 0 Å². The minimum absolute atomic E-state index is 0.00210. The van der Waals surface area contributed by atoms with E-state index < -0.39 is 23.6 Å². The van der Waals surface area contributed by atoms with E-state index in [1.807, 2.05) is 26.0 Å². The van der Waals surface area contributed by atoms with Crippen molar-refractivity contribution in [3.8, 4) is 6.07 Å². The van der Waals surface area contributed by atoms with Crippen molar-refractivity contribution >= 4 is 17.5 Å². The first-order chi connectivity index (χ1) is 19.2. The summed E-state index contributed by atoms with van der Waals surface area (Å²) in [6.07, 6.45) is 8.99. The van der Waals surface area contributed by atoms with E-state index in [0.29, 0.717) is 12.5 Å². The largest absolute Gasteiger partial charge is 0.345 e. The summed E-state index contributed by atoms with van der Waals surface area (Å²) in [7, 11) is 1.60. The van der Waals surface area contributed by atoms with E-state index in [-0.39, 0.29) is 57.1 Å². The fourth-order valence-corrected chi connectivity index (χ4v) is 10.8. The topological polar surface area (TPSA) is 78.2 Å². The third kappa shape index (κ3) is 3.51. The molecule has 0 unspecified atom stereocenters. The van der Waals surface area contributed by atoms with Gasteiger partial charge in [-0.1, -0.05) is 60.1 Å². The average molecular weight is 536 g/mol. The zero-order chi connectivity index (χ0) is 31.4. The Morgan fingerprint density at radius 2 is 1.79 bits per heavy atom. The first kappa shape index (κ1) is 24.6. The van der Waals surface area contributed by atoms with E-state index in [2.05, 4.69) is 40.7 Å². The number of hydrogen-bond acceptors (Lipinski definition) is 4. The third-order valence-corrected chi connectivity index (χ3v) is 13.3. The summed E-state index contributed by atoms with van der Waals surface area (Å²) in [5.74, 6) is -0.386. The number of Topliss-reactive ketones (excluding diaryl/α,β-unsaturated/α-hetero) is 1.